The molecule has 0 radical (unpaired) electrons. The molecule has 2 aromatic carbocycles. The Hall–Kier alpha value is -2.86. The van der Waals surface area contributed by atoms with Crippen molar-refractivity contribution in [2.75, 3.05) is 0 Å². The van der Waals surface area contributed by atoms with E-state index in [0.29, 0.717) is 11.1 Å². The third kappa shape index (κ3) is 3.80. The molecule has 0 aliphatic heterocycles. The van der Waals surface area contributed by atoms with Gasteiger partial charge < -0.3 is 15.3 Å². The predicted molar refractivity (Wildman–Crippen MR) is 76.9 cm³/mol. The molecule has 0 bridgehead atoms. The summed E-state index contributed by atoms with van der Waals surface area (Å²) in [5.41, 5.74) is 2.96. The Morgan fingerprint density at radius 2 is 1.86 bits per heavy atom. The first-order valence-electron chi connectivity index (χ1n) is 6.16. The number of aliphatic hydroxyl groups is 1. The Bertz CT molecular complexity index is 656. The molecule has 0 aromatic heterocycles. The largest absolute Gasteiger partial charge is 0.508 e. The summed E-state index contributed by atoms with van der Waals surface area (Å²) in [7, 11) is 0. The molecule has 0 spiro atoms. The average Bonchev–Trinajstić information content (AvgIpc) is 2.49. The highest BCUT2D eigenvalue weighted by Crippen LogP contribution is 2.20. The molecule has 1 atom stereocenters. The van der Waals surface area contributed by atoms with E-state index in [0.717, 1.165) is 6.07 Å². The van der Waals surface area contributed by atoms with Crippen molar-refractivity contribution in [1.29, 1.82) is 0 Å². The number of hydrogen-bond donors (Lipinski definition) is 4. The second-order valence-corrected chi connectivity index (χ2v) is 4.29. The van der Waals surface area contributed by atoms with Crippen LogP contribution < -0.4 is 5.43 Å². The SMILES string of the molecule is O=C(N/N=C/c1ccc(O)cc1O)[C@@H](O)c1ccccc1. The molecule has 0 heterocycles. The first kappa shape index (κ1) is 14.5. The van der Waals surface area contributed by atoms with Gasteiger partial charge in [-0.05, 0) is 17.7 Å². The van der Waals surface area contributed by atoms with Gasteiger partial charge in [-0.25, -0.2) is 5.43 Å². The number of nitrogens with zero attached hydrogens (tertiary/aromatic N) is 1. The molecule has 0 aliphatic carbocycles. The molecule has 21 heavy (non-hydrogen) atoms. The highest BCUT2D eigenvalue weighted by Gasteiger charge is 2.15. The lowest BCUT2D eigenvalue weighted by Gasteiger charge is -2.08. The lowest BCUT2D eigenvalue weighted by molar-refractivity contribution is -0.129. The zero-order valence-electron chi connectivity index (χ0n) is 11.0. The molecule has 4 N–H and O–H groups in total. The molecule has 6 nitrogen and oxygen atoms in total. The fraction of sp³-hybridized carbons (Fsp3) is 0.0667. The van der Waals surface area contributed by atoms with Gasteiger partial charge in [0.2, 0.25) is 0 Å². The Morgan fingerprint density at radius 1 is 1.14 bits per heavy atom. The van der Waals surface area contributed by atoms with Crippen LogP contribution in [0.4, 0.5) is 0 Å². The quantitative estimate of drug-likeness (QED) is 0.502. The number of rotatable bonds is 4. The van der Waals surface area contributed by atoms with E-state index in [1.54, 1.807) is 30.3 Å². The van der Waals surface area contributed by atoms with Crippen LogP contribution in [0.3, 0.4) is 0 Å². The Labute approximate surface area is 121 Å². The van der Waals surface area contributed by atoms with E-state index < -0.39 is 12.0 Å². The number of carbonyl (C=O) groups excluding carboxylic acids is 1. The number of nitrogens with one attached hydrogen (secondary N) is 1. The molecule has 108 valence electrons. The van der Waals surface area contributed by atoms with Crippen LogP contribution in [0.5, 0.6) is 11.5 Å². The molecule has 2 aromatic rings. The molecular weight excluding hydrogens is 272 g/mol. The van der Waals surface area contributed by atoms with Crippen molar-refractivity contribution in [3.05, 3.63) is 59.7 Å². The second kappa shape index (κ2) is 6.53. The highest BCUT2D eigenvalue weighted by molar-refractivity contribution is 5.86. The van der Waals surface area contributed by atoms with Crippen LogP contribution in [0.1, 0.15) is 17.2 Å². The van der Waals surface area contributed by atoms with Gasteiger partial charge in [-0.2, -0.15) is 5.10 Å². The van der Waals surface area contributed by atoms with E-state index >= 15 is 0 Å². The van der Waals surface area contributed by atoms with Crippen LogP contribution in [0, 0.1) is 0 Å². The molecule has 1 amide bonds. The third-order valence-corrected chi connectivity index (χ3v) is 2.76. The molecule has 0 saturated carbocycles. The zero-order valence-corrected chi connectivity index (χ0v) is 11.0. The topological polar surface area (TPSA) is 102 Å². The molecule has 0 fully saturated rings. The molecule has 0 saturated heterocycles. The summed E-state index contributed by atoms with van der Waals surface area (Å²) in [5.74, 6) is -0.930. The minimum absolute atomic E-state index is 0.0758. The van der Waals surface area contributed by atoms with Crippen molar-refractivity contribution in [3.8, 4) is 11.5 Å². The number of phenolic OH excluding ortho intramolecular Hbond substituents is 2. The minimum Gasteiger partial charge on any atom is -0.508 e. The Kier molecular flexibility index (Phi) is 4.53. The van der Waals surface area contributed by atoms with Gasteiger partial charge in [0, 0.05) is 11.6 Å². The van der Waals surface area contributed by atoms with Crippen molar-refractivity contribution in [2.45, 2.75) is 6.10 Å². The van der Waals surface area contributed by atoms with Crippen molar-refractivity contribution < 1.29 is 20.1 Å². The summed E-state index contributed by atoms with van der Waals surface area (Å²) < 4.78 is 0. The van der Waals surface area contributed by atoms with E-state index in [1.165, 1.54) is 18.3 Å². The summed E-state index contributed by atoms with van der Waals surface area (Å²) in [6.45, 7) is 0. The normalized spacial score (nSPS) is 12.2. The lowest BCUT2D eigenvalue weighted by atomic mass is 10.1. The number of aromatic hydroxyl groups is 2. The van der Waals surface area contributed by atoms with Crippen LogP contribution in [0.2, 0.25) is 0 Å². The predicted octanol–water partition coefficient (Wildman–Crippen LogP) is 1.28. The van der Waals surface area contributed by atoms with Gasteiger partial charge in [0.25, 0.3) is 5.91 Å². The number of phenols is 2. The summed E-state index contributed by atoms with van der Waals surface area (Å²) in [6.07, 6.45) is -0.110. The first-order valence-corrected chi connectivity index (χ1v) is 6.16. The van der Waals surface area contributed by atoms with Gasteiger partial charge in [-0.3, -0.25) is 4.79 Å². The maximum absolute atomic E-state index is 11.7. The van der Waals surface area contributed by atoms with Gasteiger partial charge in [-0.15, -0.1) is 0 Å². The van der Waals surface area contributed by atoms with E-state index in [2.05, 4.69) is 10.5 Å². The van der Waals surface area contributed by atoms with Gasteiger partial charge in [-0.1, -0.05) is 30.3 Å². The van der Waals surface area contributed by atoms with E-state index in [1.807, 2.05) is 0 Å². The number of benzene rings is 2. The Morgan fingerprint density at radius 3 is 2.52 bits per heavy atom. The van der Waals surface area contributed by atoms with Crippen LogP contribution >= 0.6 is 0 Å². The zero-order chi connectivity index (χ0) is 15.2. The second-order valence-electron chi connectivity index (χ2n) is 4.29. The van der Waals surface area contributed by atoms with Crippen molar-refractivity contribution in [2.24, 2.45) is 5.10 Å². The number of aliphatic hydroxyl groups excluding tert-OH is 1. The number of amides is 1. The smallest absolute Gasteiger partial charge is 0.273 e. The van der Waals surface area contributed by atoms with Crippen LogP contribution in [-0.2, 0) is 4.79 Å². The molecular formula is C15H14N2O4. The van der Waals surface area contributed by atoms with Crippen molar-refractivity contribution in [1.82, 2.24) is 5.43 Å². The lowest BCUT2D eigenvalue weighted by Crippen LogP contribution is -2.25. The monoisotopic (exact) mass is 286 g/mol. The van der Waals surface area contributed by atoms with Crippen LogP contribution in [-0.4, -0.2) is 27.4 Å². The van der Waals surface area contributed by atoms with Crippen LogP contribution in [0.15, 0.2) is 53.6 Å². The van der Waals surface area contributed by atoms with Gasteiger partial charge in [0.1, 0.15) is 11.5 Å². The fourth-order valence-corrected chi connectivity index (χ4v) is 1.65. The van der Waals surface area contributed by atoms with Gasteiger partial charge in [0.05, 0.1) is 6.21 Å². The number of hydrogen-bond acceptors (Lipinski definition) is 5. The van der Waals surface area contributed by atoms with E-state index in [9.17, 15) is 15.0 Å². The third-order valence-electron chi connectivity index (χ3n) is 2.76. The standard InChI is InChI=1S/C15H14N2O4/c18-12-7-6-11(13(19)8-12)9-16-17-15(21)14(20)10-4-2-1-3-5-10/h1-9,14,18-20H,(H,17,21)/b16-9+/t14-/m0/s1. The van der Waals surface area contributed by atoms with Crippen LogP contribution in [0.25, 0.3) is 0 Å². The molecule has 0 unspecified atom stereocenters. The first-order chi connectivity index (χ1) is 10.1. The highest BCUT2D eigenvalue weighted by atomic mass is 16.3. The maximum atomic E-state index is 11.7. The number of hydrazone groups is 1. The molecule has 2 rings (SSSR count). The maximum Gasteiger partial charge on any atom is 0.273 e. The van der Waals surface area contributed by atoms with Gasteiger partial charge in [0.15, 0.2) is 6.10 Å². The fourth-order valence-electron chi connectivity index (χ4n) is 1.65. The summed E-state index contributed by atoms with van der Waals surface area (Å²) in [5, 5.41) is 32.1. The van der Waals surface area contributed by atoms with E-state index in [-0.39, 0.29) is 11.5 Å². The van der Waals surface area contributed by atoms with E-state index in [4.69, 9.17) is 5.11 Å². The molecule has 0 aliphatic rings. The molecule has 6 heteroatoms. The Balaban J connectivity index is 1.99. The average molecular weight is 286 g/mol. The van der Waals surface area contributed by atoms with Crippen molar-refractivity contribution >= 4 is 12.1 Å². The summed E-state index contributed by atoms with van der Waals surface area (Å²) >= 11 is 0. The number of carbonyl (C=O) groups is 1. The summed E-state index contributed by atoms with van der Waals surface area (Å²) in [6, 6.07) is 12.4. The summed E-state index contributed by atoms with van der Waals surface area (Å²) in [4.78, 5) is 11.7. The van der Waals surface area contributed by atoms with Crippen molar-refractivity contribution in [3.63, 3.8) is 0 Å². The van der Waals surface area contributed by atoms with Gasteiger partial charge >= 0.3 is 0 Å². The minimum atomic E-state index is -1.32.